The zero-order chi connectivity index (χ0) is 11.7. The van der Waals surface area contributed by atoms with E-state index in [4.69, 9.17) is 0 Å². The van der Waals surface area contributed by atoms with Gasteiger partial charge in [0.2, 0.25) is 5.91 Å². The molecule has 3 heteroatoms. The van der Waals surface area contributed by atoms with Gasteiger partial charge in [0.15, 0.2) is 0 Å². The number of nitrogens with one attached hydrogen (secondary N) is 1. The lowest BCUT2D eigenvalue weighted by Gasteiger charge is -2.31. The molecule has 0 aliphatic carbocycles. The lowest BCUT2D eigenvalue weighted by Crippen LogP contribution is -2.48. The third-order valence-electron chi connectivity index (χ3n) is 3.35. The Hall–Kier alpha value is -0.180. The summed E-state index contributed by atoms with van der Waals surface area (Å²) < 4.78 is -0.181. The Morgan fingerprint density at radius 3 is 2.47 bits per heavy atom. The van der Waals surface area contributed by atoms with Crippen LogP contribution >= 0.6 is 11.8 Å². The maximum atomic E-state index is 12.1. The summed E-state index contributed by atoms with van der Waals surface area (Å²) in [5, 5.41) is 3.14. The minimum atomic E-state index is -0.181. The minimum Gasteiger partial charge on any atom is -0.352 e. The lowest BCUT2D eigenvalue weighted by atomic mass is 9.87. The quantitative estimate of drug-likeness (QED) is 0.789. The summed E-state index contributed by atoms with van der Waals surface area (Å²) in [4.78, 5) is 12.1. The number of hydrogen-bond donors (Lipinski definition) is 1. The average molecular weight is 229 g/mol. The van der Waals surface area contributed by atoms with Crippen LogP contribution in [0.2, 0.25) is 0 Å². The predicted octanol–water partition coefficient (Wildman–Crippen LogP) is 2.82. The fourth-order valence-corrected chi connectivity index (χ4v) is 2.74. The van der Waals surface area contributed by atoms with E-state index in [0.717, 1.165) is 12.2 Å². The van der Waals surface area contributed by atoms with Crippen LogP contribution < -0.4 is 5.32 Å². The largest absolute Gasteiger partial charge is 0.352 e. The Kier molecular flexibility index (Phi) is 3.75. The first kappa shape index (κ1) is 12.9. The van der Waals surface area contributed by atoms with Gasteiger partial charge >= 0.3 is 0 Å². The van der Waals surface area contributed by atoms with Gasteiger partial charge in [-0.2, -0.15) is 0 Å². The third-order valence-corrected chi connectivity index (χ3v) is 4.87. The number of hydrogen-bond acceptors (Lipinski definition) is 2. The van der Waals surface area contributed by atoms with Gasteiger partial charge in [-0.3, -0.25) is 4.79 Å². The summed E-state index contributed by atoms with van der Waals surface area (Å²) in [5.41, 5.74) is 0.134. The Labute approximate surface area is 97.6 Å². The van der Waals surface area contributed by atoms with E-state index in [1.54, 1.807) is 11.8 Å². The molecule has 1 fully saturated rings. The van der Waals surface area contributed by atoms with Gasteiger partial charge < -0.3 is 5.32 Å². The molecule has 2 atom stereocenters. The first-order valence-electron chi connectivity index (χ1n) is 5.71. The molecule has 0 aromatic rings. The molecule has 1 amide bonds. The molecule has 1 aliphatic rings. The van der Waals surface area contributed by atoms with Gasteiger partial charge in [0.25, 0.3) is 0 Å². The van der Waals surface area contributed by atoms with Crippen molar-refractivity contribution in [3.05, 3.63) is 0 Å². The number of rotatable bonds is 2. The second-order valence-corrected chi connectivity index (χ2v) is 7.34. The molecule has 88 valence electrons. The van der Waals surface area contributed by atoms with E-state index in [-0.39, 0.29) is 22.1 Å². The second-order valence-electron chi connectivity index (χ2n) is 5.74. The number of amides is 1. The van der Waals surface area contributed by atoms with Gasteiger partial charge in [-0.05, 0) is 37.9 Å². The third kappa shape index (κ3) is 3.13. The van der Waals surface area contributed by atoms with Crippen molar-refractivity contribution in [2.45, 2.75) is 58.2 Å². The van der Waals surface area contributed by atoms with Crippen molar-refractivity contribution in [3.8, 4) is 0 Å². The normalized spacial score (nSPS) is 28.9. The summed E-state index contributed by atoms with van der Waals surface area (Å²) in [7, 11) is 0. The van der Waals surface area contributed by atoms with Gasteiger partial charge in [0.1, 0.15) is 0 Å². The van der Waals surface area contributed by atoms with E-state index in [2.05, 4.69) is 39.9 Å². The molecule has 1 N–H and O–H groups in total. The van der Waals surface area contributed by atoms with Crippen LogP contribution in [0.3, 0.4) is 0 Å². The molecule has 0 aromatic heterocycles. The number of thioether (sulfide) groups is 1. The highest BCUT2D eigenvalue weighted by Gasteiger charge is 2.38. The lowest BCUT2D eigenvalue weighted by molar-refractivity contribution is -0.124. The van der Waals surface area contributed by atoms with Crippen molar-refractivity contribution in [1.82, 2.24) is 5.32 Å². The maximum absolute atomic E-state index is 12.1. The molecule has 15 heavy (non-hydrogen) atoms. The Morgan fingerprint density at radius 1 is 1.47 bits per heavy atom. The average Bonchev–Trinajstić information content (AvgIpc) is 2.51. The molecule has 0 radical (unpaired) electrons. The van der Waals surface area contributed by atoms with Crippen molar-refractivity contribution < 1.29 is 4.79 Å². The summed E-state index contributed by atoms with van der Waals surface area (Å²) in [5.74, 6) is 1.33. The molecule has 0 bridgehead atoms. The molecular weight excluding hydrogens is 206 g/mol. The zero-order valence-corrected chi connectivity index (χ0v) is 11.3. The molecule has 2 nitrogen and oxygen atoms in total. The summed E-state index contributed by atoms with van der Waals surface area (Å²) in [6.45, 7) is 10.6. The Balaban J connectivity index is 2.55. The van der Waals surface area contributed by atoms with Crippen molar-refractivity contribution in [1.29, 1.82) is 0 Å². The van der Waals surface area contributed by atoms with E-state index in [9.17, 15) is 4.79 Å². The molecule has 0 saturated carbocycles. The Morgan fingerprint density at radius 2 is 2.07 bits per heavy atom. The monoisotopic (exact) mass is 229 g/mol. The maximum Gasteiger partial charge on any atom is 0.236 e. The summed E-state index contributed by atoms with van der Waals surface area (Å²) in [6, 6.07) is 0.225. The van der Waals surface area contributed by atoms with E-state index in [0.29, 0.717) is 0 Å². The van der Waals surface area contributed by atoms with Crippen LogP contribution in [0.25, 0.3) is 0 Å². The molecule has 0 spiro atoms. The van der Waals surface area contributed by atoms with Crippen molar-refractivity contribution in [2.75, 3.05) is 5.75 Å². The van der Waals surface area contributed by atoms with Gasteiger partial charge in [-0.1, -0.05) is 20.8 Å². The van der Waals surface area contributed by atoms with E-state index < -0.39 is 0 Å². The van der Waals surface area contributed by atoms with Crippen molar-refractivity contribution in [2.24, 2.45) is 5.41 Å². The fourth-order valence-electron chi connectivity index (χ4n) is 1.52. The first-order valence-corrected chi connectivity index (χ1v) is 6.69. The highest BCUT2D eigenvalue weighted by Crippen LogP contribution is 2.38. The van der Waals surface area contributed by atoms with E-state index in [1.165, 1.54) is 6.42 Å². The van der Waals surface area contributed by atoms with Gasteiger partial charge in [0.05, 0.1) is 4.75 Å². The molecule has 2 unspecified atom stereocenters. The highest BCUT2D eigenvalue weighted by molar-refractivity contribution is 8.01. The van der Waals surface area contributed by atoms with Crippen LogP contribution in [0.4, 0.5) is 0 Å². The highest BCUT2D eigenvalue weighted by atomic mass is 32.2. The molecule has 1 rings (SSSR count). The van der Waals surface area contributed by atoms with E-state index >= 15 is 0 Å². The fraction of sp³-hybridized carbons (Fsp3) is 0.917. The summed E-state index contributed by atoms with van der Waals surface area (Å²) >= 11 is 1.79. The van der Waals surface area contributed by atoms with Gasteiger partial charge in [-0.15, -0.1) is 11.8 Å². The molecule has 1 heterocycles. The van der Waals surface area contributed by atoms with Gasteiger partial charge in [-0.25, -0.2) is 0 Å². The predicted molar refractivity (Wildman–Crippen MR) is 67.2 cm³/mol. The van der Waals surface area contributed by atoms with Crippen molar-refractivity contribution >= 4 is 17.7 Å². The van der Waals surface area contributed by atoms with E-state index in [1.807, 2.05) is 0 Å². The molecule has 0 aromatic carbocycles. The summed E-state index contributed by atoms with van der Waals surface area (Å²) in [6.07, 6.45) is 2.18. The van der Waals surface area contributed by atoms with Crippen LogP contribution in [-0.4, -0.2) is 22.4 Å². The van der Waals surface area contributed by atoms with Crippen molar-refractivity contribution in [3.63, 3.8) is 0 Å². The van der Waals surface area contributed by atoms with Crippen LogP contribution in [0.1, 0.15) is 47.5 Å². The van der Waals surface area contributed by atoms with Crippen LogP contribution in [0, 0.1) is 5.41 Å². The Bertz CT molecular complexity index is 238. The molecular formula is C12H23NOS. The SMILES string of the molecule is CC(NC(=O)C1(C)CCCS1)C(C)(C)C. The number of carbonyl (C=O) groups excluding carboxylic acids is 1. The van der Waals surface area contributed by atoms with Crippen LogP contribution in [0.5, 0.6) is 0 Å². The molecule has 1 saturated heterocycles. The topological polar surface area (TPSA) is 29.1 Å². The van der Waals surface area contributed by atoms with Crippen LogP contribution in [0.15, 0.2) is 0 Å². The van der Waals surface area contributed by atoms with Crippen LogP contribution in [-0.2, 0) is 4.79 Å². The second kappa shape index (κ2) is 4.36. The molecule has 1 aliphatic heterocycles. The standard InChI is InChI=1S/C12H23NOS/c1-9(11(2,3)4)13-10(14)12(5)7-6-8-15-12/h9H,6-8H2,1-5H3,(H,13,14). The number of carbonyl (C=O) groups is 1. The zero-order valence-electron chi connectivity index (χ0n) is 10.5. The smallest absolute Gasteiger partial charge is 0.236 e. The minimum absolute atomic E-state index is 0.134. The van der Waals surface area contributed by atoms with Gasteiger partial charge in [0, 0.05) is 6.04 Å². The first-order chi connectivity index (χ1) is 6.76.